The van der Waals surface area contributed by atoms with E-state index in [4.69, 9.17) is 4.43 Å². The molecular formula is C19H34OSi. The van der Waals surface area contributed by atoms with Gasteiger partial charge in [-0.1, -0.05) is 71.9 Å². The standard InChI is InChI=1S/C19H34OSi/c1-15(2)21(16(3)4,17(5)6)20-18(7)13-14-19-11-9-8-10-12-19/h8-12,15-18H,13-14H2,1-7H3. The molecule has 0 aliphatic heterocycles. The quantitative estimate of drug-likeness (QED) is 0.519. The molecule has 2 heteroatoms. The maximum Gasteiger partial charge on any atom is 0.200 e. The van der Waals surface area contributed by atoms with Gasteiger partial charge in [0.2, 0.25) is 8.32 Å². The van der Waals surface area contributed by atoms with Crippen LogP contribution in [0.1, 0.15) is 60.5 Å². The van der Waals surface area contributed by atoms with Crippen molar-refractivity contribution in [1.82, 2.24) is 0 Å². The predicted molar refractivity (Wildman–Crippen MR) is 96.4 cm³/mol. The van der Waals surface area contributed by atoms with Crippen molar-refractivity contribution in [2.45, 2.75) is 84.0 Å². The van der Waals surface area contributed by atoms with E-state index in [1.54, 1.807) is 0 Å². The maximum absolute atomic E-state index is 6.78. The Morgan fingerprint density at radius 1 is 0.810 bits per heavy atom. The second-order valence-corrected chi connectivity index (χ2v) is 12.7. The highest BCUT2D eigenvalue weighted by Crippen LogP contribution is 2.43. The number of benzene rings is 1. The van der Waals surface area contributed by atoms with Gasteiger partial charge in [0.05, 0.1) is 0 Å². The van der Waals surface area contributed by atoms with Crippen LogP contribution in [0.25, 0.3) is 0 Å². The van der Waals surface area contributed by atoms with Crippen LogP contribution in [-0.2, 0) is 10.8 Å². The van der Waals surface area contributed by atoms with E-state index < -0.39 is 8.32 Å². The summed E-state index contributed by atoms with van der Waals surface area (Å²) in [5.41, 5.74) is 3.41. The summed E-state index contributed by atoms with van der Waals surface area (Å²) in [6.45, 7) is 16.4. The monoisotopic (exact) mass is 306 g/mol. The fourth-order valence-corrected chi connectivity index (χ4v) is 9.46. The van der Waals surface area contributed by atoms with Gasteiger partial charge in [-0.25, -0.2) is 0 Å². The Bertz CT molecular complexity index is 376. The van der Waals surface area contributed by atoms with Crippen LogP contribution in [0.4, 0.5) is 0 Å². The highest BCUT2D eigenvalue weighted by atomic mass is 28.4. The van der Waals surface area contributed by atoms with Gasteiger partial charge in [-0.3, -0.25) is 0 Å². The Morgan fingerprint density at radius 2 is 1.29 bits per heavy atom. The Morgan fingerprint density at radius 3 is 1.71 bits per heavy atom. The van der Waals surface area contributed by atoms with Gasteiger partial charge in [-0.15, -0.1) is 0 Å². The van der Waals surface area contributed by atoms with Crippen molar-refractivity contribution in [3.63, 3.8) is 0 Å². The highest BCUT2D eigenvalue weighted by molar-refractivity contribution is 6.77. The summed E-state index contributed by atoms with van der Waals surface area (Å²) in [6.07, 6.45) is 2.58. The fourth-order valence-electron chi connectivity index (χ4n) is 3.83. The van der Waals surface area contributed by atoms with Crippen LogP contribution in [0.3, 0.4) is 0 Å². The normalized spacial score (nSPS) is 14.2. The maximum atomic E-state index is 6.78. The van der Waals surface area contributed by atoms with Crippen LogP contribution in [0.15, 0.2) is 30.3 Å². The molecule has 1 aromatic carbocycles. The minimum atomic E-state index is -1.73. The molecule has 0 saturated heterocycles. The molecule has 0 bridgehead atoms. The van der Waals surface area contributed by atoms with E-state index in [1.165, 1.54) is 5.56 Å². The van der Waals surface area contributed by atoms with E-state index in [1.807, 2.05) is 0 Å². The first kappa shape index (κ1) is 18.4. The van der Waals surface area contributed by atoms with Gasteiger partial charge in [0, 0.05) is 6.10 Å². The summed E-state index contributed by atoms with van der Waals surface area (Å²) in [6, 6.07) is 10.7. The minimum Gasteiger partial charge on any atom is -0.413 e. The molecule has 0 radical (unpaired) electrons. The molecule has 0 heterocycles. The highest BCUT2D eigenvalue weighted by Gasteiger charge is 2.45. The number of hydrogen-bond acceptors (Lipinski definition) is 1. The van der Waals surface area contributed by atoms with Crippen molar-refractivity contribution in [2.24, 2.45) is 0 Å². The van der Waals surface area contributed by atoms with Crippen LogP contribution in [0.2, 0.25) is 16.6 Å². The van der Waals surface area contributed by atoms with Gasteiger partial charge < -0.3 is 4.43 Å². The first-order valence-corrected chi connectivity index (χ1v) is 10.7. The van der Waals surface area contributed by atoms with Crippen LogP contribution in [-0.4, -0.2) is 14.4 Å². The zero-order valence-electron chi connectivity index (χ0n) is 15.0. The van der Waals surface area contributed by atoms with Crippen molar-refractivity contribution in [1.29, 1.82) is 0 Å². The molecule has 120 valence electrons. The van der Waals surface area contributed by atoms with Crippen molar-refractivity contribution in [3.8, 4) is 0 Å². The summed E-state index contributed by atoms with van der Waals surface area (Å²) < 4.78 is 6.78. The fraction of sp³-hybridized carbons (Fsp3) is 0.684. The molecular weight excluding hydrogens is 272 g/mol. The van der Waals surface area contributed by atoms with Crippen LogP contribution < -0.4 is 0 Å². The lowest BCUT2D eigenvalue weighted by atomic mass is 10.1. The van der Waals surface area contributed by atoms with Crippen molar-refractivity contribution >= 4 is 8.32 Å². The summed E-state index contributed by atoms with van der Waals surface area (Å²) in [5, 5.41) is 0. The molecule has 0 aliphatic carbocycles. The Hall–Kier alpha value is -0.603. The van der Waals surface area contributed by atoms with Gasteiger partial charge in [0.25, 0.3) is 0 Å². The lowest BCUT2D eigenvalue weighted by Gasteiger charge is -2.44. The third-order valence-electron chi connectivity index (χ3n) is 4.79. The molecule has 1 unspecified atom stereocenters. The molecule has 21 heavy (non-hydrogen) atoms. The van der Waals surface area contributed by atoms with E-state index in [9.17, 15) is 0 Å². The SMILES string of the molecule is CC(CCc1ccccc1)O[Si](C(C)C)(C(C)C)C(C)C. The summed E-state index contributed by atoms with van der Waals surface area (Å²) in [7, 11) is -1.73. The van der Waals surface area contributed by atoms with E-state index in [2.05, 4.69) is 78.8 Å². The average Bonchev–Trinajstić information content (AvgIpc) is 2.42. The molecule has 1 atom stereocenters. The molecule has 0 spiro atoms. The molecule has 0 saturated carbocycles. The number of hydrogen-bond donors (Lipinski definition) is 0. The third-order valence-corrected chi connectivity index (χ3v) is 11.0. The van der Waals surface area contributed by atoms with Gasteiger partial charge in [0.1, 0.15) is 0 Å². The topological polar surface area (TPSA) is 9.23 Å². The zero-order chi connectivity index (χ0) is 16.0. The first-order chi connectivity index (χ1) is 9.80. The molecule has 0 N–H and O–H groups in total. The van der Waals surface area contributed by atoms with Gasteiger partial charge >= 0.3 is 0 Å². The van der Waals surface area contributed by atoms with E-state index in [-0.39, 0.29) is 0 Å². The summed E-state index contributed by atoms with van der Waals surface area (Å²) >= 11 is 0. The molecule has 0 fully saturated rings. The zero-order valence-corrected chi connectivity index (χ0v) is 16.0. The summed E-state index contributed by atoms with van der Waals surface area (Å²) in [4.78, 5) is 0. The van der Waals surface area contributed by atoms with Gasteiger partial charge in [-0.05, 0) is 42.0 Å². The van der Waals surface area contributed by atoms with E-state index in [0.717, 1.165) is 12.8 Å². The average molecular weight is 307 g/mol. The molecule has 0 amide bonds. The van der Waals surface area contributed by atoms with E-state index in [0.29, 0.717) is 22.7 Å². The van der Waals surface area contributed by atoms with Crippen molar-refractivity contribution in [3.05, 3.63) is 35.9 Å². The molecule has 0 aromatic heterocycles. The lowest BCUT2D eigenvalue weighted by molar-refractivity contribution is 0.182. The van der Waals surface area contributed by atoms with Crippen molar-refractivity contribution in [2.75, 3.05) is 0 Å². The number of rotatable bonds is 8. The summed E-state index contributed by atoms with van der Waals surface area (Å²) in [5.74, 6) is 0. The van der Waals surface area contributed by atoms with Crippen LogP contribution in [0.5, 0.6) is 0 Å². The molecule has 1 aromatic rings. The van der Waals surface area contributed by atoms with E-state index >= 15 is 0 Å². The Labute approximate surface area is 133 Å². The largest absolute Gasteiger partial charge is 0.413 e. The second kappa shape index (κ2) is 8.14. The molecule has 0 aliphatic rings. The Balaban J connectivity index is 2.70. The predicted octanol–water partition coefficient (Wildman–Crippen LogP) is 6.20. The molecule has 1 nitrogen and oxygen atoms in total. The smallest absolute Gasteiger partial charge is 0.200 e. The Kier molecular flexibility index (Phi) is 7.15. The van der Waals surface area contributed by atoms with Crippen LogP contribution >= 0.6 is 0 Å². The van der Waals surface area contributed by atoms with Gasteiger partial charge in [-0.2, -0.15) is 0 Å². The van der Waals surface area contributed by atoms with Crippen molar-refractivity contribution < 1.29 is 4.43 Å². The van der Waals surface area contributed by atoms with Gasteiger partial charge in [0.15, 0.2) is 0 Å². The second-order valence-electron chi connectivity index (χ2n) is 7.27. The minimum absolute atomic E-state index is 0.351. The number of aryl methyl sites for hydroxylation is 1. The van der Waals surface area contributed by atoms with Crippen LogP contribution in [0, 0.1) is 0 Å². The third kappa shape index (κ3) is 4.69. The molecule has 1 rings (SSSR count). The lowest BCUT2D eigenvalue weighted by Crippen LogP contribution is -2.49. The first-order valence-electron chi connectivity index (χ1n) is 8.52.